The normalized spacial score (nSPS) is 12.3. The molecule has 0 radical (unpaired) electrons. The Labute approximate surface area is 152 Å². The first-order valence-electron chi connectivity index (χ1n) is 7.29. The van der Waals surface area contributed by atoms with Gasteiger partial charge in [0.1, 0.15) is 10.6 Å². The summed E-state index contributed by atoms with van der Waals surface area (Å²) in [5.74, 6) is 0.710. The van der Waals surface area contributed by atoms with Gasteiger partial charge < -0.3 is 21.2 Å². The van der Waals surface area contributed by atoms with Gasteiger partial charge in [-0.25, -0.2) is 0 Å². The van der Waals surface area contributed by atoms with Gasteiger partial charge in [0.15, 0.2) is 0 Å². The van der Waals surface area contributed by atoms with Crippen LogP contribution in [0.3, 0.4) is 0 Å². The van der Waals surface area contributed by atoms with E-state index in [1.54, 1.807) is 13.2 Å². The number of hydrogen-bond donors (Lipinski definition) is 1. The van der Waals surface area contributed by atoms with Crippen LogP contribution >= 0.6 is 11.6 Å². The average molecular weight is 362 g/mol. The van der Waals surface area contributed by atoms with Gasteiger partial charge in [-0.1, -0.05) is 29.6 Å². The first-order valence-corrected chi connectivity index (χ1v) is 8.16. The molecule has 6 heteroatoms. The number of nitrogens with zero attached hydrogens (tertiary/aromatic N) is 1. The van der Waals surface area contributed by atoms with E-state index in [4.69, 9.17) is 27.8 Å². The van der Waals surface area contributed by atoms with Crippen molar-refractivity contribution in [3.8, 4) is 5.75 Å². The van der Waals surface area contributed by atoms with Crippen molar-refractivity contribution in [3.05, 3.63) is 69.9 Å². The van der Waals surface area contributed by atoms with E-state index in [1.807, 2.05) is 37.3 Å². The molecule has 126 valence electrons. The van der Waals surface area contributed by atoms with Crippen molar-refractivity contribution in [2.75, 3.05) is 7.11 Å². The number of rotatable bonds is 5. The zero-order valence-electron chi connectivity index (χ0n) is 13.6. The van der Waals surface area contributed by atoms with Crippen molar-refractivity contribution < 1.29 is 4.74 Å². The van der Waals surface area contributed by atoms with Crippen LogP contribution in [-0.2, 0) is 19.2 Å². The lowest BCUT2D eigenvalue weighted by Crippen LogP contribution is -2.02. The summed E-state index contributed by atoms with van der Waals surface area (Å²) in [6.45, 7) is 2.34. The molecule has 0 fully saturated rings. The van der Waals surface area contributed by atoms with Crippen molar-refractivity contribution in [1.29, 1.82) is 0 Å². The summed E-state index contributed by atoms with van der Waals surface area (Å²) in [4.78, 5) is 5.23. The lowest BCUT2D eigenvalue weighted by Gasteiger charge is -2.12. The summed E-state index contributed by atoms with van der Waals surface area (Å²) in [7, 11) is 1.57. The fourth-order valence-corrected chi connectivity index (χ4v) is 2.59. The molecule has 0 bridgehead atoms. The largest absolute Gasteiger partial charge is 0.495 e. The lowest BCUT2D eigenvalue weighted by molar-refractivity contribution is 0.414. The van der Waals surface area contributed by atoms with Crippen molar-refractivity contribution >= 4 is 35.8 Å². The molecule has 4 nitrogen and oxygen atoms in total. The number of methoxy groups -OCH3 is 1. The van der Waals surface area contributed by atoms with Crippen LogP contribution in [0.2, 0.25) is 5.02 Å². The maximum absolute atomic E-state index is 7.97. The maximum Gasteiger partial charge on any atom is 0.150 e. The molecule has 2 aromatic rings. The van der Waals surface area contributed by atoms with Crippen molar-refractivity contribution in [2.24, 2.45) is 10.7 Å². The van der Waals surface area contributed by atoms with E-state index in [1.165, 1.54) is 6.08 Å². The van der Waals surface area contributed by atoms with Gasteiger partial charge in [-0.2, -0.15) is 0 Å². The number of benzene rings is 2. The Hall–Kier alpha value is -2.11. The van der Waals surface area contributed by atoms with Gasteiger partial charge in [0.2, 0.25) is 0 Å². The third kappa shape index (κ3) is 4.69. The Kier molecular flexibility index (Phi) is 6.17. The number of nitrogens with one attached hydrogen (secondary N) is 1. The molecule has 2 rings (SSSR count). The van der Waals surface area contributed by atoms with Gasteiger partial charge in [0.05, 0.1) is 12.1 Å². The predicted molar refractivity (Wildman–Crippen MR) is 105 cm³/mol. The molecule has 0 amide bonds. The van der Waals surface area contributed by atoms with E-state index in [9.17, 15) is 0 Å². The Balaban J connectivity index is 2.18. The van der Waals surface area contributed by atoms with Gasteiger partial charge in [-0.05, 0) is 67.6 Å². The van der Waals surface area contributed by atoms with E-state index >= 15 is 0 Å². The highest BCUT2D eigenvalue weighted by molar-refractivity contribution is 7.58. The molecule has 2 aromatic carbocycles. The lowest BCUT2D eigenvalue weighted by atomic mass is 10.1. The van der Waals surface area contributed by atoms with Gasteiger partial charge in [-0.15, -0.1) is 0 Å². The number of hydrogen-bond acceptors (Lipinski definition) is 3. The van der Waals surface area contributed by atoms with Gasteiger partial charge in [0, 0.05) is 11.3 Å². The van der Waals surface area contributed by atoms with E-state index in [-0.39, 0.29) is 5.84 Å². The summed E-state index contributed by atoms with van der Waals surface area (Å²) >= 11 is 9.59. The SMILES string of the molecule is COc1cc(C)c(/C(N)=C/C([NH-])=NCc2ccc([SH2+])cc2)cc1Cl. The van der Waals surface area contributed by atoms with Crippen LogP contribution in [0.25, 0.3) is 11.4 Å². The molecular weight excluding hydrogens is 342 g/mol. The van der Waals surface area contributed by atoms with Crippen LogP contribution in [0.4, 0.5) is 0 Å². The Morgan fingerprint density at radius 2 is 2.00 bits per heavy atom. The molecule has 24 heavy (non-hydrogen) atoms. The second-order valence-corrected chi connectivity index (χ2v) is 6.28. The van der Waals surface area contributed by atoms with E-state index in [2.05, 4.69) is 17.6 Å². The van der Waals surface area contributed by atoms with Gasteiger partial charge in [-0.3, -0.25) is 0 Å². The van der Waals surface area contributed by atoms with E-state index in [0.717, 1.165) is 21.6 Å². The predicted octanol–water partition coefficient (Wildman–Crippen LogP) is 3.98. The Morgan fingerprint density at radius 1 is 1.33 bits per heavy atom. The quantitative estimate of drug-likeness (QED) is 0.497. The van der Waals surface area contributed by atoms with Crippen molar-refractivity contribution in [1.82, 2.24) is 0 Å². The first kappa shape index (κ1) is 18.2. The van der Waals surface area contributed by atoms with Crippen LogP contribution in [0, 0.1) is 6.92 Å². The fraction of sp³-hybridized carbons (Fsp3) is 0.167. The number of ether oxygens (including phenoxy) is 1. The molecule has 0 saturated heterocycles. The molecule has 0 spiro atoms. The highest BCUT2D eigenvalue weighted by Crippen LogP contribution is 2.29. The molecule has 0 unspecified atom stereocenters. The van der Waals surface area contributed by atoms with Gasteiger partial charge in [0.25, 0.3) is 0 Å². The average Bonchev–Trinajstić information content (AvgIpc) is 2.56. The van der Waals surface area contributed by atoms with Gasteiger partial charge >= 0.3 is 0 Å². The van der Waals surface area contributed by atoms with Crippen LogP contribution in [0.5, 0.6) is 5.75 Å². The second kappa shape index (κ2) is 8.13. The van der Waals surface area contributed by atoms with Crippen LogP contribution in [0.1, 0.15) is 16.7 Å². The minimum Gasteiger partial charge on any atom is -0.495 e. The zero-order chi connectivity index (χ0) is 17.7. The molecule has 0 aromatic heterocycles. The van der Waals surface area contributed by atoms with Crippen molar-refractivity contribution in [3.63, 3.8) is 0 Å². The third-order valence-electron chi connectivity index (χ3n) is 3.49. The molecule has 0 aliphatic carbocycles. The maximum atomic E-state index is 7.97. The van der Waals surface area contributed by atoms with E-state index < -0.39 is 0 Å². The summed E-state index contributed by atoms with van der Waals surface area (Å²) in [6, 6.07) is 11.4. The number of halogens is 1. The number of aliphatic imine (C=N–C) groups is 1. The Morgan fingerprint density at radius 3 is 2.62 bits per heavy atom. The third-order valence-corrected chi connectivity index (χ3v) is 4.12. The number of nitrogens with two attached hydrogens (primary N) is 1. The smallest absolute Gasteiger partial charge is 0.150 e. The fourth-order valence-electron chi connectivity index (χ4n) is 2.18. The highest BCUT2D eigenvalue weighted by atomic mass is 35.5. The summed E-state index contributed by atoms with van der Waals surface area (Å²) in [5.41, 5.74) is 17.2. The van der Waals surface area contributed by atoms with Crippen LogP contribution in [-0.4, -0.2) is 12.9 Å². The van der Waals surface area contributed by atoms with Crippen LogP contribution in [0.15, 0.2) is 52.4 Å². The monoisotopic (exact) mass is 361 g/mol. The number of aryl methyl sites for hydroxylation is 1. The zero-order valence-corrected chi connectivity index (χ0v) is 15.3. The highest BCUT2D eigenvalue weighted by Gasteiger charge is 2.08. The summed E-state index contributed by atoms with van der Waals surface area (Å²) in [6.07, 6.45) is 1.53. The second-order valence-electron chi connectivity index (χ2n) is 5.30. The number of amidine groups is 1. The molecule has 0 atom stereocenters. The molecule has 0 saturated carbocycles. The standard InChI is InChI=1S/C18H19ClN3OS/c1-11-7-17(23-2)15(19)8-14(11)16(20)9-18(21)22-10-12-3-5-13(24)6-4-12/h3-9H,10H2,1-2H3,(H4-,20,21,22,24)/q-1/p+1. The molecule has 0 aliphatic rings. The molecule has 0 heterocycles. The summed E-state index contributed by atoms with van der Waals surface area (Å²) < 4.78 is 5.18. The van der Waals surface area contributed by atoms with Crippen LogP contribution < -0.4 is 10.5 Å². The first-order chi connectivity index (χ1) is 11.4. The minimum atomic E-state index is 0.112. The summed E-state index contributed by atoms with van der Waals surface area (Å²) in [5, 5.41) is 0.479. The molecule has 0 aliphatic heterocycles. The van der Waals surface area contributed by atoms with E-state index in [0.29, 0.717) is 23.0 Å². The topological polar surface area (TPSA) is 71.4 Å². The Bertz CT molecular complexity index is 786. The van der Waals surface area contributed by atoms with Crippen molar-refractivity contribution in [2.45, 2.75) is 18.4 Å². The molecule has 3 N–H and O–H groups in total. The minimum absolute atomic E-state index is 0.112. The molecular formula is C18H20ClN3OS.